The Labute approximate surface area is 167 Å². The number of aryl methyl sites for hydroxylation is 2. The zero-order valence-corrected chi connectivity index (χ0v) is 17.2. The summed E-state index contributed by atoms with van der Waals surface area (Å²) in [5.74, 6) is 0.503. The fourth-order valence-electron chi connectivity index (χ4n) is 3.05. The van der Waals surface area contributed by atoms with Gasteiger partial charge in [0.2, 0.25) is 5.95 Å². The Balaban J connectivity index is 2.02. The molecule has 0 saturated heterocycles. The molecular formula is C20H23N5O2S. The number of thioether (sulfide) groups is 1. The van der Waals surface area contributed by atoms with E-state index in [0.29, 0.717) is 41.4 Å². The molecule has 8 heteroatoms. The van der Waals surface area contributed by atoms with E-state index in [4.69, 9.17) is 0 Å². The average Bonchev–Trinajstić information content (AvgIpc) is 3.07. The normalized spacial score (nSPS) is 10.9. The standard InChI is InChI=1S/C20H23N5O2S/c1-5-13-15(6-2)21-20(23-18(13)26)25-17(11-12(3)24-25)22-19(27)14-9-7-8-10-16(14)28-4/h7-11H,5-6H2,1-4H3,(H,22,27)(H,21,23,26). The second kappa shape index (κ2) is 8.43. The van der Waals surface area contributed by atoms with Crippen LogP contribution in [0, 0.1) is 6.92 Å². The molecule has 0 aliphatic carbocycles. The number of nitrogens with zero attached hydrogens (tertiary/aromatic N) is 3. The van der Waals surface area contributed by atoms with Gasteiger partial charge in [-0.15, -0.1) is 11.8 Å². The Morgan fingerprint density at radius 2 is 2.00 bits per heavy atom. The molecule has 0 aliphatic heterocycles. The zero-order valence-electron chi connectivity index (χ0n) is 16.4. The summed E-state index contributed by atoms with van der Waals surface area (Å²) in [5, 5.41) is 7.30. The quantitative estimate of drug-likeness (QED) is 0.622. The molecule has 1 aromatic carbocycles. The molecule has 146 valence electrons. The number of anilines is 1. The van der Waals surface area contributed by atoms with Crippen LogP contribution < -0.4 is 10.9 Å². The first kappa shape index (κ1) is 19.9. The third kappa shape index (κ3) is 3.87. The molecule has 0 spiro atoms. The van der Waals surface area contributed by atoms with Crippen molar-refractivity contribution in [3.05, 3.63) is 63.2 Å². The van der Waals surface area contributed by atoms with Crippen molar-refractivity contribution >= 4 is 23.5 Å². The van der Waals surface area contributed by atoms with E-state index in [0.717, 1.165) is 10.6 Å². The number of amides is 1. The van der Waals surface area contributed by atoms with Crippen LogP contribution in [0.15, 0.2) is 40.0 Å². The van der Waals surface area contributed by atoms with Crippen LogP contribution in [0.25, 0.3) is 5.95 Å². The van der Waals surface area contributed by atoms with Crippen LogP contribution in [0.5, 0.6) is 0 Å². The van der Waals surface area contributed by atoms with Crippen molar-refractivity contribution in [3.63, 3.8) is 0 Å². The molecule has 2 heterocycles. The van der Waals surface area contributed by atoms with E-state index in [2.05, 4.69) is 20.4 Å². The molecular weight excluding hydrogens is 374 g/mol. The summed E-state index contributed by atoms with van der Waals surface area (Å²) in [6, 6.07) is 9.15. The second-order valence-corrected chi connectivity index (χ2v) is 7.11. The number of nitrogens with one attached hydrogen (secondary N) is 2. The maximum absolute atomic E-state index is 12.8. The van der Waals surface area contributed by atoms with Crippen LogP contribution >= 0.6 is 11.8 Å². The first-order valence-electron chi connectivity index (χ1n) is 9.11. The lowest BCUT2D eigenvalue weighted by Gasteiger charge is -2.12. The molecule has 0 aliphatic rings. The van der Waals surface area contributed by atoms with Crippen molar-refractivity contribution in [2.24, 2.45) is 0 Å². The molecule has 3 aromatic rings. The number of aromatic amines is 1. The lowest BCUT2D eigenvalue weighted by molar-refractivity contribution is 0.102. The highest BCUT2D eigenvalue weighted by Crippen LogP contribution is 2.22. The van der Waals surface area contributed by atoms with E-state index < -0.39 is 0 Å². The minimum Gasteiger partial charge on any atom is -0.306 e. The molecule has 1 amide bonds. The summed E-state index contributed by atoms with van der Waals surface area (Å²) >= 11 is 1.51. The first-order valence-corrected chi connectivity index (χ1v) is 10.3. The monoisotopic (exact) mass is 397 g/mol. The predicted molar refractivity (Wildman–Crippen MR) is 112 cm³/mol. The molecule has 3 rings (SSSR count). The van der Waals surface area contributed by atoms with E-state index in [1.54, 1.807) is 12.1 Å². The fourth-order valence-corrected chi connectivity index (χ4v) is 3.65. The van der Waals surface area contributed by atoms with Crippen molar-refractivity contribution in [3.8, 4) is 5.95 Å². The van der Waals surface area contributed by atoms with Gasteiger partial charge < -0.3 is 5.32 Å². The number of aromatic nitrogens is 4. The highest BCUT2D eigenvalue weighted by Gasteiger charge is 2.17. The minimum absolute atomic E-state index is 0.178. The van der Waals surface area contributed by atoms with Crippen molar-refractivity contribution in [2.45, 2.75) is 38.5 Å². The maximum atomic E-state index is 12.8. The summed E-state index contributed by atoms with van der Waals surface area (Å²) < 4.78 is 1.47. The van der Waals surface area contributed by atoms with Crippen LogP contribution in [-0.2, 0) is 12.8 Å². The van der Waals surface area contributed by atoms with Gasteiger partial charge in [0, 0.05) is 16.5 Å². The first-order chi connectivity index (χ1) is 13.5. The van der Waals surface area contributed by atoms with Gasteiger partial charge in [-0.2, -0.15) is 9.78 Å². The van der Waals surface area contributed by atoms with Crippen molar-refractivity contribution in [1.82, 2.24) is 19.7 Å². The molecule has 0 radical (unpaired) electrons. The average molecular weight is 398 g/mol. The molecule has 0 saturated carbocycles. The summed E-state index contributed by atoms with van der Waals surface area (Å²) in [6.07, 6.45) is 3.18. The highest BCUT2D eigenvalue weighted by atomic mass is 32.2. The van der Waals surface area contributed by atoms with E-state index in [9.17, 15) is 9.59 Å². The van der Waals surface area contributed by atoms with Crippen molar-refractivity contribution < 1.29 is 4.79 Å². The number of carbonyl (C=O) groups is 1. The third-order valence-electron chi connectivity index (χ3n) is 4.40. The van der Waals surface area contributed by atoms with Crippen LogP contribution in [-0.4, -0.2) is 31.9 Å². The Kier molecular flexibility index (Phi) is 5.99. The summed E-state index contributed by atoms with van der Waals surface area (Å²) in [6.45, 7) is 5.71. The lowest BCUT2D eigenvalue weighted by atomic mass is 10.1. The Bertz CT molecular complexity index is 1070. The molecule has 0 unspecified atom stereocenters. The van der Waals surface area contributed by atoms with E-state index in [1.807, 2.05) is 45.2 Å². The number of hydrogen-bond acceptors (Lipinski definition) is 5. The summed E-state index contributed by atoms with van der Waals surface area (Å²) in [7, 11) is 0. The fraction of sp³-hybridized carbons (Fsp3) is 0.300. The third-order valence-corrected chi connectivity index (χ3v) is 5.20. The van der Waals surface area contributed by atoms with Gasteiger partial charge in [-0.05, 0) is 38.2 Å². The Morgan fingerprint density at radius 3 is 2.68 bits per heavy atom. The van der Waals surface area contributed by atoms with Crippen molar-refractivity contribution in [1.29, 1.82) is 0 Å². The van der Waals surface area contributed by atoms with E-state index >= 15 is 0 Å². The molecule has 0 atom stereocenters. The number of rotatable bonds is 6. The van der Waals surface area contributed by atoms with Crippen LogP contribution in [0.3, 0.4) is 0 Å². The van der Waals surface area contributed by atoms with Crippen LogP contribution in [0.2, 0.25) is 0 Å². The van der Waals surface area contributed by atoms with Gasteiger partial charge in [0.15, 0.2) is 0 Å². The molecule has 2 aromatic heterocycles. The van der Waals surface area contributed by atoms with Gasteiger partial charge in [0.05, 0.1) is 17.0 Å². The SMILES string of the molecule is CCc1nc(-n2nc(C)cc2NC(=O)c2ccccc2SC)[nH]c(=O)c1CC. The van der Waals surface area contributed by atoms with Gasteiger partial charge in [-0.3, -0.25) is 14.6 Å². The number of benzene rings is 1. The predicted octanol–water partition coefficient (Wildman–Crippen LogP) is 3.36. The van der Waals surface area contributed by atoms with Gasteiger partial charge in [-0.1, -0.05) is 26.0 Å². The molecule has 28 heavy (non-hydrogen) atoms. The van der Waals surface area contributed by atoms with Crippen LogP contribution in [0.4, 0.5) is 5.82 Å². The van der Waals surface area contributed by atoms with Gasteiger partial charge in [0.1, 0.15) is 5.82 Å². The van der Waals surface area contributed by atoms with E-state index in [1.165, 1.54) is 16.4 Å². The Hall–Kier alpha value is -2.87. The number of hydrogen-bond donors (Lipinski definition) is 2. The van der Waals surface area contributed by atoms with E-state index in [-0.39, 0.29) is 11.5 Å². The highest BCUT2D eigenvalue weighted by molar-refractivity contribution is 7.98. The zero-order chi connectivity index (χ0) is 20.3. The minimum atomic E-state index is -0.241. The molecule has 2 N–H and O–H groups in total. The topological polar surface area (TPSA) is 92.7 Å². The largest absolute Gasteiger partial charge is 0.306 e. The molecule has 0 bridgehead atoms. The lowest BCUT2D eigenvalue weighted by Crippen LogP contribution is -2.22. The van der Waals surface area contributed by atoms with Gasteiger partial charge in [-0.25, -0.2) is 4.98 Å². The summed E-state index contributed by atoms with van der Waals surface area (Å²) in [5.41, 5.74) is 2.52. The smallest absolute Gasteiger partial charge is 0.257 e. The number of carbonyl (C=O) groups excluding carboxylic acids is 1. The molecule has 7 nitrogen and oxygen atoms in total. The number of H-pyrrole nitrogens is 1. The maximum Gasteiger partial charge on any atom is 0.257 e. The van der Waals surface area contributed by atoms with Gasteiger partial charge >= 0.3 is 0 Å². The summed E-state index contributed by atoms with van der Waals surface area (Å²) in [4.78, 5) is 33.5. The Morgan fingerprint density at radius 1 is 1.25 bits per heavy atom. The van der Waals surface area contributed by atoms with Crippen LogP contribution in [0.1, 0.15) is 41.2 Å². The van der Waals surface area contributed by atoms with Gasteiger partial charge in [0.25, 0.3) is 11.5 Å². The molecule has 0 fully saturated rings. The van der Waals surface area contributed by atoms with Crippen molar-refractivity contribution in [2.75, 3.05) is 11.6 Å². The second-order valence-electron chi connectivity index (χ2n) is 6.26.